The van der Waals surface area contributed by atoms with E-state index in [1.54, 1.807) is 0 Å². The van der Waals surface area contributed by atoms with Gasteiger partial charge in [-0.15, -0.1) is 0 Å². The predicted octanol–water partition coefficient (Wildman–Crippen LogP) is 14.5. The Morgan fingerprint density at radius 2 is 0.790 bits per heavy atom. The third kappa shape index (κ3) is 5.38. The van der Waals surface area contributed by atoms with Crippen LogP contribution in [0.1, 0.15) is 0 Å². The molecular weight excluding hydrogens is 755 g/mol. The van der Waals surface area contributed by atoms with Gasteiger partial charge in [0.1, 0.15) is 0 Å². The Morgan fingerprint density at radius 3 is 1.53 bits per heavy atom. The fraction of sp³-hybridized carbons (Fsp3) is 0. The maximum atomic E-state index is 5.21. The average molecular weight is 790 g/mol. The molecule has 5 heteroatoms. The summed E-state index contributed by atoms with van der Waals surface area (Å²) in [7, 11) is 0. The molecule has 10 aromatic carbocycles. The van der Waals surface area contributed by atoms with Crippen LogP contribution in [0.15, 0.2) is 212 Å². The van der Waals surface area contributed by atoms with Crippen molar-refractivity contribution < 1.29 is 0 Å². The van der Waals surface area contributed by atoms with Gasteiger partial charge in [0.05, 0.1) is 22.1 Å². The molecule has 0 saturated carbocycles. The van der Waals surface area contributed by atoms with Gasteiger partial charge in [-0.05, 0) is 93.0 Å². The molecule has 0 fully saturated rings. The lowest BCUT2D eigenvalue weighted by atomic mass is 10.0. The highest BCUT2D eigenvalue weighted by Gasteiger charge is 2.19. The fourth-order valence-corrected chi connectivity index (χ4v) is 9.58. The van der Waals surface area contributed by atoms with Crippen molar-refractivity contribution in [1.82, 2.24) is 24.1 Å². The Labute approximate surface area is 356 Å². The SMILES string of the molecule is c1ccc(-c2nc(-c3ccc4ccccc4c3)nc(-c3cccc4ccc(-n5c6ccccc6c6cc7cc(-n8c9ccccc9c9ccccc98)ccc7cc65)cc34)n2)cc1. The van der Waals surface area contributed by atoms with Crippen molar-refractivity contribution in [3.63, 3.8) is 0 Å². The Bertz CT molecular complexity index is 3880. The van der Waals surface area contributed by atoms with Gasteiger partial charge in [0, 0.05) is 49.6 Å². The van der Waals surface area contributed by atoms with Crippen molar-refractivity contribution in [3.05, 3.63) is 212 Å². The van der Waals surface area contributed by atoms with Gasteiger partial charge >= 0.3 is 0 Å². The highest BCUT2D eigenvalue weighted by Crippen LogP contribution is 2.39. The van der Waals surface area contributed by atoms with Gasteiger partial charge in [-0.3, -0.25) is 0 Å². The molecule has 3 aromatic heterocycles. The van der Waals surface area contributed by atoms with Gasteiger partial charge in [-0.2, -0.15) is 0 Å². The molecule has 0 aliphatic rings. The van der Waals surface area contributed by atoms with Crippen LogP contribution in [0, 0.1) is 0 Å². The minimum atomic E-state index is 0.636. The summed E-state index contributed by atoms with van der Waals surface area (Å²) < 4.78 is 4.80. The van der Waals surface area contributed by atoms with E-state index < -0.39 is 0 Å². The van der Waals surface area contributed by atoms with Crippen LogP contribution in [-0.4, -0.2) is 24.1 Å². The van der Waals surface area contributed by atoms with Crippen LogP contribution in [0.4, 0.5) is 0 Å². The lowest BCUT2D eigenvalue weighted by molar-refractivity contribution is 1.08. The number of hydrogen-bond acceptors (Lipinski definition) is 3. The zero-order valence-corrected chi connectivity index (χ0v) is 33.4. The van der Waals surface area contributed by atoms with Crippen LogP contribution < -0.4 is 0 Å². The molecule has 13 aromatic rings. The second-order valence-corrected chi connectivity index (χ2v) is 16.1. The lowest BCUT2D eigenvalue weighted by Gasteiger charge is -2.13. The van der Waals surface area contributed by atoms with Crippen LogP contribution in [0.5, 0.6) is 0 Å². The molecule has 0 bridgehead atoms. The molecule has 0 radical (unpaired) electrons. The van der Waals surface area contributed by atoms with Gasteiger partial charge in [0.15, 0.2) is 17.5 Å². The predicted molar refractivity (Wildman–Crippen MR) is 257 cm³/mol. The van der Waals surface area contributed by atoms with Gasteiger partial charge in [0.2, 0.25) is 0 Å². The highest BCUT2D eigenvalue weighted by molar-refractivity contribution is 6.15. The Morgan fingerprint density at radius 1 is 0.258 bits per heavy atom. The van der Waals surface area contributed by atoms with Gasteiger partial charge < -0.3 is 9.13 Å². The molecule has 0 amide bonds. The number of nitrogens with zero attached hydrogens (tertiary/aromatic N) is 5. The molecule has 0 unspecified atom stereocenters. The second kappa shape index (κ2) is 13.6. The van der Waals surface area contributed by atoms with Crippen molar-refractivity contribution in [2.45, 2.75) is 0 Å². The molecule has 13 rings (SSSR count). The number of aromatic nitrogens is 5. The summed E-state index contributed by atoms with van der Waals surface area (Å²) in [6.07, 6.45) is 0. The van der Waals surface area contributed by atoms with Crippen molar-refractivity contribution >= 4 is 75.9 Å². The minimum absolute atomic E-state index is 0.636. The van der Waals surface area contributed by atoms with E-state index in [-0.39, 0.29) is 0 Å². The van der Waals surface area contributed by atoms with E-state index in [1.807, 2.05) is 18.2 Å². The maximum absolute atomic E-state index is 5.21. The monoisotopic (exact) mass is 789 g/mol. The third-order valence-electron chi connectivity index (χ3n) is 12.5. The van der Waals surface area contributed by atoms with Crippen LogP contribution in [0.3, 0.4) is 0 Å². The van der Waals surface area contributed by atoms with Gasteiger partial charge in [0.25, 0.3) is 0 Å². The first-order chi connectivity index (χ1) is 30.7. The first-order valence-corrected chi connectivity index (χ1v) is 21.0. The summed E-state index contributed by atoms with van der Waals surface area (Å²) in [4.78, 5) is 15.4. The Balaban J connectivity index is 0.992. The number of para-hydroxylation sites is 3. The number of benzene rings is 10. The van der Waals surface area contributed by atoms with Crippen LogP contribution in [0.2, 0.25) is 0 Å². The number of fused-ring (bicyclic) bond motifs is 9. The van der Waals surface area contributed by atoms with E-state index >= 15 is 0 Å². The van der Waals surface area contributed by atoms with Crippen molar-refractivity contribution in [2.75, 3.05) is 0 Å². The molecule has 288 valence electrons. The number of rotatable bonds is 5. The first kappa shape index (κ1) is 34.5. The van der Waals surface area contributed by atoms with Gasteiger partial charge in [-0.1, -0.05) is 152 Å². The largest absolute Gasteiger partial charge is 0.309 e. The topological polar surface area (TPSA) is 48.5 Å². The van der Waals surface area contributed by atoms with Crippen molar-refractivity contribution in [3.8, 4) is 45.5 Å². The number of hydrogen-bond donors (Lipinski definition) is 0. The van der Waals surface area contributed by atoms with Gasteiger partial charge in [-0.25, -0.2) is 15.0 Å². The molecule has 3 heterocycles. The summed E-state index contributed by atoms with van der Waals surface area (Å²) in [6, 6.07) is 75.9. The summed E-state index contributed by atoms with van der Waals surface area (Å²) in [6.45, 7) is 0. The van der Waals surface area contributed by atoms with E-state index in [0.717, 1.165) is 55.3 Å². The summed E-state index contributed by atoms with van der Waals surface area (Å²) in [5.74, 6) is 1.92. The van der Waals surface area contributed by atoms with Crippen molar-refractivity contribution in [1.29, 1.82) is 0 Å². The molecule has 62 heavy (non-hydrogen) atoms. The van der Waals surface area contributed by atoms with Crippen LogP contribution in [0.25, 0.3) is 121 Å². The summed E-state index contributed by atoms with van der Waals surface area (Å²) >= 11 is 0. The normalized spacial score (nSPS) is 11.9. The molecular formula is C57H35N5. The molecule has 0 saturated heterocycles. The molecule has 0 aliphatic heterocycles. The van der Waals surface area contributed by atoms with E-state index in [9.17, 15) is 0 Å². The average Bonchev–Trinajstić information content (AvgIpc) is 3.85. The van der Waals surface area contributed by atoms with E-state index in [4.69, 9.17) is 15.0 Å². The van der Waals surface area contributed by atoms with Crippen LogP contribution >= 0.6 is 0 Å². The molecule has 0 spiro atoms. The standard InChI is InChI=1S/C57H35N5/c1-2-14-38(15-3-1)55-58-56(41-26-25-36-13-4-5-16-39(36)31-41)60-57(59-55)48-21-12-17-37-27-29-44(35-49(37)48)62-53-24-11-8-20-47(53)50-33-42-32-43(30-28-40(42)34-54(50)62)61-51-22-9-6-18-45(51)46-19-7-10-23-52(46)61/h1-35H. The Kier molecular flexibility index (Phi) is 7.54. The first-order valence-electron chi connectivity index (χ1n) is 21.0. The van der Waals surface area contributed by atoms with E-state index in [0.29, 0.717) is 17.5 Å². The molecule has 0 aliphatic carbocycles. The highest BCUT2D eigenvalue weighted by atomic mass is 15.0. The smallest absolute Gasteiger partial charge is 0.164 e. The molecule has 0 N–H and O–H groups in total. The van der Waals surface area contributed by atoms with E-state index in [2.05, 4.69) is 203 Å². The third-order valence-corrected chi connectivity index (χ3v) is 12.5. The fourth-order valence-electron chi connectivity index (χ4n) is 9.58. The minimum Gasteiger partial charge on any atom is -0.309 e. The zero-order valence-electron chi connectivity index (χ0n) is 33.4. The second-order valence-electron chi connectivity index (χ2n) is 16.1. The zero-order chi connectivity index (χ0) is 40.7. The van der Waals surface area contributed by atoms with E-state index in [1.165, 1.54) is 48.7 Å². The van der Waals surface area contributed by atoms with Crippen molar-refractivity contribution in [2.24, 2.45) is 0 Å². The Hall–Kier alpha value is -8.41. The quantitative estimate of drug-likeness (QED) is 0.174. The lowest BCUT2D eigenvalue weighted by Crippen LogP contribution is -2.01. The summed E-state index contributed by atoms with van der Waals surface area (Å²) in [5, 5.41) is 11.8. The van der Waals surface area contributed by atoms with Crippen LogP contribution in [-0.2, 0) is 0 Å². The molecule has 0 atom stereocenters. The maximum Gasteiger partial charge on any atom is 0.164 e. The summed E-state index contributed by atoms with van der Waals surface area (Å²) in [5.41, 5.74) is 9.80. The molecule has 5 nitrogen and oxygen atoms in total.